The van der Waals surface area contributed by atoms with Crippen molar-refractivity contribution in [3.63, 3.8) is 0 Å². The van der Waals surface area contributed by atoms with Crippen LogP contribution < -0.4 is 21.3 Å². The molecule has 0 spiro atoms. The number of halogens is 2. The first kappa shape index (κ1) is 34.8. The summed E-state index contributed by atoms with van der Waals surface area (Å²) in [5.74, 6) is -7.79. The number of benzene rings is 1. The van der Waals surface area contributed by atoms with Gasteiger partial charge in [0, 0.05) is 31.3 Å². The standard InChI is InChI=1S/C27H35N5O8.2ClH/c1-10(29-2)26(39)30-14-9-15(31(3)4)12-7-11-8-13-19(32(5)6)22(35)18(25(28)38)24(37)27(13,40)23(36)16(11)21(34)17(12)20(14)33;;/h9-11,13,19,29,33,35-36,40H,7-8H2,1-6H3,(H2,28,38)(H,30,39);2*1H/t10?,11?,13?,19-,27?;;/m0../s1. The van der Waals surface area contributed by atoms with Crippen LogP contribution in [0, 0.1) is 11.8 Å². The van der Waals surface area contributed by atoms with Gasteiger partial charge in [-0.1, -0.05) is 0 Å². The molecule has 42 heavy (non-hydrogen) atoms. The third-order valence-corrected chi connectivity index (χ3v) is 8.26. The monoisotopic (exact) mass is 629 g/mol. The largest absolute Gasteiger partial charge is 0.510 e. The molecule has 232 valence electrons. The van der Waals surface area contributed by atoms with Gasteiger partial charge in [-0.3, -0.25) is 24.1 Å². The SMILES string of the molecule is CNC(C)C(=O)Nc1cc(N(C)C)c2c(c1O)C(=O)C1=C(O)C3(O)C(=O)C(C(N)=O)=C(O)[C@@H](N(C)C)C3CC1C2.Cl.Cl. The Bertz CT molecular complexity index is 1410. The van der Waals surface area contributed by atoms with Crippen molar-refractivity contribution in [2.24, 2.45) is 17.6 Å². The molecule has 0 bridgehead atoms. The number of rotatable bonds is 6. The van der Waals surface area contributed by atoms with Crippen LogP contribution in [0.3, 0.4) is 0 Å². The fourth-order valence-corrected chi connectivity index (χ4v) is 6.17. The van der Waals surface area contributed by atoms with E-state index in [-0.39, 0.29) is 54.5 Å². The molecule has 0 saturated heterocycles. The lowest BCUT2D eigenvalue weighted by Gasteiger charge is -2.50. The Kier molecular flexibility index (Phi) is 10.0. The van der Waals surface area contributed by atoms with Crippen LogP contribution in [0.1, 0.15) is 29.3 Å². The number of Topliss-reactive ketones (excluding diaryl/α,β-unsaturated/α-hetero) is 2. The first-order chi connectivity index (χ1) is 18.6. The van der Waals surface area contributed by atoms with Crippen LogP contribution in [-0.4, -0.2) is 102 Å². The van der Waals surface area contributed by atoms with Crippen molar-refractivity contribution in [3.05, 3.63) is 39.9 Å². The zero-order chi connectivity index (χ0) is 30.0. The van der Waals surface area contributed by atoms with Gasteiger partial charge < -0.3 is 41.7 Å². The molecule has 0 fully saturated rings. The number of nitrogens with one attached hydrogen (secondary N) is 2. The predicted octanol–water partition coefficient (Wildman–Crippen LogP) is 0.577. The van der Waals surface area contributed by atoms with E-state index in [1.54, 1.807) is 53.1 Å². The number of aliphatic hydroxyl groups excluding tert-OH is 2. The van der Waals surface area contributed by atoms with E-state index in [1.165, 1.54) is 4.90 Å². The summed E-state index contributed by atoms with van der Waals surface area (Å²) in [7, 11) is 8.20. The number of primary amides is 1. The Morgan fingerprint density at radius 1 is 1.12 bits per heavy atom. The van der Waals surface area contributed by atoms with E-state index in [0.717, 1.165) is 0 Å². The van der Waals surface area contributed by atoms with Gasteiger partial charge in [-0.05, 0) is 58.5 Å². The van der Waals surface area contributed by atoms with Crippen LogP contribution >= 0.6 is 24.8 Å². The van der Waals surface area contributed by atoms with Crippen LogP contribution in [0.2, 0.25) is 0 Å². The number of allylic oxidation sites excluding steroid dienone is 1. The first-order valence-electron chi connectivity index (χ1n) is 12.8. The molecule has 0 aliphatic heterocycles. The lowest BCUT2D eigenvalue weighted by atomic mass is 9.58. The third kappa shape index (κ3) is 4.98. The molecule has 3 aliphatic carbocycles. The van der Waals surface area contributed by atoms with Gasteiger partial charge in [0.05, 0.1) is 23.3 Å². The van der Waals surface area contributed by atoms with Gasteiger partial charge in [0.2, 0.25) is 11.7 Å². The van der Waals surface area contributed by atoms with Crippen molar-refractivity contribution in [1.82, 2.24) is 10.2 Å². The minimum atomic E-state index is -2.72. The normalized spacial score (nSPS) is 25.5. The fraction of sp³-hybridized carbons (Fsp3) is 0.481. The topological polar surface area (TPSA) is 206 Å². The second kappa shape index (κ2) is 12.1. The number of hydrogen-bond acceptors (Lipinski definition) is 11. The van der Waals surface area contributed by atoms with E-state index >= 15 is 0 Å². The van der Waals surface area contributed by atoms with E-state index in [2.05, 4.69) is 10.6 Å². The van der Waals surface area contributed by atoms with Crippen molar-refractivity contribution in [2.75, 3.05) is 45.5 Å². The summed E-state index contributed by atoms with van der Waals surface area (Å²) in [6.07, 6.45) is 0.119. The van der Waals surface area contributed by atoms with Crippen molar-refractivity contribution >= 4 is 59.6 Å². The highest BCUT2D eigenvalue weighted by molar-refractivity contribution is 6.25. The van der Waals surface area contributed by atoms with Crippen LogP contribution in [0.5, 0.6) is 5.75 Å². The predicted molar refractivity (Wildman–Crippen MR) is 160 cm³/mol. The summed E-state index contributed by atoms with van der Waals surface area (Å²) < 4.78 is 0. The summed E-state index contributed by atoms with van der Waals surface area (Å²) in [6, 6.07) is -0.130. The zero-order valence-electron chi connectivity index (χ0n) is 24.0. The van der Waals surface area contributed by atoms with Gasteiger partial charge >= 0.3 is 0 Å². The van der Waals surface area contributed by atoms with Gasteiger partial charge in [-0.2, -0.15) is 0 Å². The van der Waals surface area contributed by atoms with Crippen LogP contribution in [0.15, 0.2) is 28.7 Å². The molecular formula is C27H37Cl2N5O8. The summed E-state index contributed by atoms with van der Waals surface area (Å²) in [5.41, 5.74) is 2.29. The maximum atomic E-state index is 14.0. The number of nitrogens with two attached hydrogens (primary N) is 1. The smallest absolute Gasteiger partial charge is 0.255 e. The molecular weight excluding hydrogens is 593 g/mol. The number of hydrogen-bond donors (Lipinski definition) is 7. The fourth-order valence-electron chi connectivity index (χ4n) is 6.17. The number of carbonyl (C=O) groups excluding carboxylic acids is 4. The number of fused-ring (bicyclic) bond motifs is 3. The second-order valence-electron chi connectivity index (χ2n) is 11.0. The van der Waals surface area contributed by atoms with Crippen molar-refractivity contribution in [2.45, 2.75) is 37.5 Å². The maximum Gasteiger partial charge on any atom is 0.255 e. The number of likely N-dealkylation sites (N-methyl/N-ethyl adjacent to an activating group) is 2. The quantitative estimate of drug-likeness (QED) is 0.171. The van der Waals surface area contributed by atoms with E-state index in [9.17, 15) is 39.6 Å². The number of phenolic OH excluding ortho intramolecular Hbond substituents is 1. The number of amides is 2. The Balaban J connectivity index is 0.00000308. The minimum Gasteiger partial charge on any atom is -0.510 e. The number of ketones is 2. The van der Waals surface area contributed by atoms with Crippen LogP contribution in [0.4, 0.5) is 11.4 Å². The molecule has 2 amide bonds. The number of anilines is 2. The molecule has 8 N–H and O–H groups in total. The highest BCUT2D eigenvalue weighted by Gasteiger charge is 2.63. The Morgan fingerprint density at radius 2 is 1.71 bits per heavy atom. The molecule has 4 rings (SSSR count). The summed E-state index contributed by atoms with van der Waals surface area (Å²) in [4.78, 5) is 55.3. The van der Waals surface area contributed by atoms with Gasteiger partial charge in [0.25, 0.3) is 5.91 Å². The number of phenols is 1. The Morgan fingerprint density at radius 3 is 2.21 bits per heavy atom. The summed E-state index contributed by atoms with van der Waals surface area (Å²) in [5, 5.41) is 50.6. The Labute approximate surface area is 255 Å². The molecule has 13 nitrogen and oxygen atoms in total. The van der Waals surface area contributed by atoms with Gasteiger partial charge in [-0.25, -0.2) is 0 Å². The van der Waals surface area contributed by atoms with E-state index < -0.39 is 75.7 Å². The van der Waals surface area contributed by atoms with Crippen molar-refractivity contribution in [1.29, 1.82) is 0 Å². The lowest BCUT2D eigenvalue weighted by molar-refractivity contribution is -0.148. The number of nitrogens with zero attached hydrogens (tertiary/aromatic N) is 2. The highest BCUT2D eigenvalue weighted by Crippen LogP contribution is 2.53. The maximum absolute atomic E-state index is 14.0. The van der Waals surface area contributed by atoms with Gasteiger partial charge in [0.15, 0.2) is 17.1 Å². The average Bonchev–Trinajstić information content (AvgIpc) is 2.86. The Hall–Kier alpha value is -3.36. The average molecular weight is 631 g/mol. The molecule has 3 aliphatic rings. The van der Waals surface area contributed by atoms with Crippen LogP contribution in [-0.2, 0) is 20.8 Å². The molecule has 4 unspecified atom stereocenters. The molecule has 15 heteroatoms. The van der Waals surface area contributed by atoms with Crippen LogP contribution in [0.25, 0.3) is 0 Å². The molecule has 1 aromatic rings. The van der Waals surface area contributed by atoms with E-state index in [1.807, 2.05) is 0 Å². The van der Waals surface area contributed by atoms with Gasteiger partial charge in [0.1, 0.15) is 17.1 Å². The second-order valence-corrected chi connectivity index (χ2v) is 11.0. The molecule has 0 radical (unpaired) electrons. The van der Waals surface area contributed by atoms with E-state index in [4.69, 9.17) is 5.73 Å². The highest BCUT2D eigenvalue weighted by atomic mass is 35.5. The summed E-state index contributed by atoms with van der Waals surface area (Å²) >= 11 is 0. The molecule has 0 aromatic heterocycles. The molecule has 0 saturated carbocycles. The van der Waals surface area contributed by atoms with E-state index in [0.29, 0.717) is 11.3 Å². The van der Waals surface area contributed by atoms with Crippen molar-refractivity contribution in [3.8, 4) is 5.75 Å². The van der Waals surface area contributed by atoms with Gasteiger partial charge in [-0.15, -0.1) is 24.8 Å². The molecule has 1 aromatic carbocycles. The number of carbonyl (C=O) groups is 4. The summed E-state index contributed by atoms with van der Waals surface area (Å²) in [6.45, 7) is 1.62. The lowest BCUT2D eigenvalue weighted by Crippen LogP contribution is -2.63. The number of aliphatic hydroxyl groups is 3. The molecule has 5 atom stereocenters. The third-order valence-electron chi connectivity index (χ3n) is 8.26. The van der Waals surface area contributed by atoms with Crippen molar-refractivity contribution < 1.29 is 39.6 Å². The number of aromatic hydroxyl groups is 1. The zero-order valence-corrected chi connectivity index (χ0v) is 25.6. The first-order valence-corrected chi connectivity index (χ1v) is 12.8. The molecule has 0 heterocycles. The minimum absolute atomic E-state index is 0.